The van der Waals surface area contributed by atoms with Gasteiger partial charge in [0.1, 0.15) is 18.3 Å². The number of esters is 1. The summed E-state index contributed by atoms with van der Waals surface area (Å²) >= 11 is 0. The fraction of sp³-hybridized carbons (Fsp3) is 0.286. The van der Waals surface area contributed by atoms with Crippen LogP contribution in [0.25, 0.3) is 0 Å². The van der Waals surface area contributed by atoms with Crippen molar-refractivity contribution in [3.05, 3.63) is 65.7 Å². The Balaban J connectivity index is 1.77. The smallest absolute Gasteiger partial charge is 0.340 e. The van der Waals surface area contributed by atoms with E-state index >= 15 is 0 Å². The molecule has 140 valence electrons. The van der Waals surface area contributed by atoms with E-state index in [0.717, 1.165) is 11.1 Å². The number of nitrogens with zero attached hydrogens (tertiary/aromatic N) is 1. The molecule has 6 nitrogen and oxygen atoms in total. The van der Waals surface area contributed by atoms with E-state index in [4.69, 9.17) is 9.47 Å². The van der Waals surface area contributed by atoms with Crippen LogP contribution in [0.2, 0.25) is 0 Å². The zero-order valence-corrected chi connectivity index (χ0v) is 15.2. The Labute approximate surface area is 158 Å². The van der Waals surface area contributed by atoms with E-state index in [-0.39, 0.29) is 19.1 Å². The highest BCUT2D eigenvalue weighted by atomic mass is 16.5. The molecule has 0 spiro atoms. The van der Waals surface area contributed by atoms with Crippen molar-refractivity contribution < 1.29 is 19.1 Å². The number of urea groups is 1. The van der Waals surface area contributed by atoms with E-state index in [1.807, 2.05) is 54.6 Å². The maximum atomic E-state index is 12.2. The summed E-state index contributed by atoms with van der Waals surface area (Å²) in [5, 5.41) is 2.59. The number of hydrogen-bond donors (Lipinski definition) is 1. The molecule has 3 rings (SSSR count). The van der Waals surface area contributed by atoms with Gasteiger partial charge >= 0.3 is 12.0 Å². The summed E-state index contributed by atoms with van der Waals surface area (Å²) in [6.07, 6.45) is 0.349. The summed E-state index contributed by atoms with van der Waals surface area (Å²) in [5.41, 5.74) is 2.43. The molecule has 0 bridgehead atoms. The number of benzene rings is 2. The van der Waals surface area contributed by atoms with Crippen LogP contribution in [-0.2, 0) is 22.6 Å². The molecule has 1 aliphatic heterocycles. The van der Waals surface area contributed by atoms with E-state index < -0.39 is 11.9 Å². The van der Waals surface area contributed by atoms with E-state index in [2.05, 4.69) is 10.3 Å². The molecule has 2 aromatic rings. The van der Waals surface area contributed by atoms with Gasteiger partial charge in [0.05, 0.1) is 6.61 Å². The third kappa shape index (κ3) is 4.94. The molecule has 0 aliphatic carbocycles. The van der Waals surface area contributed by atoms with Crippen molar-refractivity contribution in [2.75, 3.05) is 13.2 Å². The second kappa shape index (κ2) is 8.98. The third-order valence-electron chi connectivity index (χ3n) is 4.26. The third-order valence-corrected chi connectivity index (χ3v) is 4.26. The Hall–Kier alpha value is -3.15. The van der Waals surface area contributed by atoms with Crippen molar-refractivity contribution in [1.29, 1.82) is 0 Å². The van der Waals surface area contributed by atoms with Crippen LogP contribution in [0, 0.1) is 5.92 Å². The second-order valence-electron chi connectivity index (χ2n) is 6.15. The molecule has 0 saturated carbocycles. The molecule has 2 amide bonds. The standard InChI is InChI=1S/C21H22N2O4/c1-2-26-20(24)17-13-22-21(25)23-18(17)12-16-10-6-7-11-19(16)27-14-15-8-4-3-5-9-15/h3-11,17H,2,12-14H2,1H3,(H,22,25). The minimum absolute atomic E-state index is 0.198. The molecule has 0 saturated heterocycles. The normalized spacial score (nSPS) is 16.3. The van der Waals surface area contributed by atoms with Crippen LogP contribution in [0.15, 0.2) is 59.6 Å². The molecular formula is C21H22N2O4. The maximum Gasteiger partial charge on any atom is 0.340 e. The number of carbonyl (C=O) groups excluding carboxylic acids is 2. The van der Waals surface area contributed by atoms with Gasteiger partial charge in [0.25, 0.3) is 0 Å². The summed E-state index contributed by atoms with van der Waals surface area (Å²) in [7, 11) is 0. The highest BCUT2D eigenvalue weighted by Crippen LogP contribution is 2.23. The lowest BCUT2D eigenvalue weighted by atomic mass is 9.95. The number of rotatable bonds is 7. The highest BCUT2D eigenvalue weighted by Gasteiger charge is 2.30. The van der Waals surface area contributed by atoms with Crippen molar-refractivity contribution >= 4 is 17.7 Å². The van der Waals surface area contributed by atoms with Gasteiger partial charge in [0, 0.05) is 18.7 Å². The first-order chi connectivity index (χ1) is 13.2. The van der Waals surface area contributed by atoms with Crippen LogP contribution in [0.3, 0.4) is 0 Å². The molecule has 1 unspecified atom stereocenters. The predicted octanol–water partition coefficient (Wildman–Crippen LogP) is 3.15. The first-order valence-electron chi connectivity index (χ1n) is 8.94. The molecule has 6 heteroatoms. The maximum absolute atomic E-state index is 12.2. The Bertz CT molecular complexity index is 833. The first-order valence-corrected chi connectivity index (χ1v) is 8.94. The summed E-state index contributed by atoms with van der Waals surface area (Å²) in [4.78, 5) is 28.0. The van der Waals surface area contributed by atoms with Crippen molar-refractivity contribution in [2.24, 2.45) is 10.9 Å². The van der Waals surface area contributed by atoms with E-state index in [1.54, 1.807) is 6.92 Å². The largest absolute Gasteiger partial charge is 0.489 e. The fourth-order valence-electron chi connectivity index (χ4n) is 2.90. The summed E-state index contributed by atoms with van der Waals surface area (Å²) < 4.78 is 11.1. The quantitative estimate of drug-likeness (QED) is 0.764. The van der Waals surface area contributed by atoms with Gasteiger partial charge < -0.3 is 14.8 Å². The summed E-state index contributed by atoms with van der Waals surface area (Å²) in [6.45, 7) is 2.67. The highest BCUT2D eigenvalue weighted by molar-refractivity contribution is 6.09. The van der Waals surface area contributed by atoms with Crippen molar-refractivity contribution in [3.8, 4) is 5.75 Å². The van der Waals surface area contributed by atoms with Crippen molar-refractivity contribution in [2.45, 2.75) is 20.0 Å². The summed E-state index contributed by atoms with van der Waals surface area (Å²) in [6, 6.07) is 17.0. The molecule has 0 radical (unpaired) electrons. The van der Waals surface area contributed by atoms with Crippen LogP contribution >= 0.6 is 0 Å². The molecule has 2 aromatic carbocycles. The van der Waals surface area contributed by atoms with Gasteiger partial charge in [0.2, 0.25) is 0 Å². The molecule has 1 heterocycles. The molecule has 1 aliphatic rings. The lowest BCUT2D eigenvalue weighted by Gasteiger charge is -2.22. The number of aliphatic imine (C=N–C) groups is 1. The average Bonchev–Trinajstić information content (AvgIpc) is 2.68. The molecular weight excluding hydrogens is 344 g/mol. The zero-order valence-electron chi connectivity index (χ0n) is 15.2. The summed E-state index contributed by atoms with van der Waals surface area (Å²) in [5.74, 6) is -0.249. The van der Waals surface area contributed by atoms with Gasteiger partial charge in [-0.1, -0.05) is 48.5 Å². The van der Waals surface area contributed by atoms with E-state index in [0.29, 0.717) is 24.5 Å². The lowest BCUT2D eigenvalue weighted by molar-refractivity contribution is -0.145. The van der Waals surface area contributed by atoms with Gasteiger partial charge in [0.15, 0.2) is 0 Å². The lowest BCUT2D eigenvalue weighted by Crippen LogP contribution is -2.43. The predicted molar refractivity (Wildman–Crippen MR) is 102 cm³/mol. The zero-order chi connectivity index (χ0) is 19.1. The Morgan fingerprint density at radius 2 is 1.89 bits per heavy atom. The Morgan fingerprint density at radius 1 is 1.15 bits per heavy atom. The number of amides is 2. The first kappa shape index (κ1) is 18.6. The topological polar surface area (TPSA) is 77.0 Å². The van der Waals surface area contributed by atoms with Crippen LogP contribution in [-0.4, -0.2) is 30.9 Å². The monoisotopic (exact) mass is 366 g/mol. The molecule has 27 heavy (non-hydrogen) atoms. The second-order valence-corrected chi connectivity index (χ2v) is 6.15. The molecule has 0 fully saturated rings. The van der Waals surface area contributed by atoms with Crippen molar-refractivity contribution in [3.63, 3.8) is 0 Å². The van der Waals surface area contributed by atoms with Crippen LogP contribution < -0.4 is 10.1 Å². The van der Waals surface area contributed by atoms with Crippen LogP contribution in [0.1, 0.15) is 18.1 Å². The Kier molecular flexibility index (Phi) is 6.20. The van der Waals surface area contributed by atoms with Gasteiger partial charge in [-0.3, -0.25) is 4.79 Å². The van der Waals surface area contributed by atoms with Gasteiger partial charge in [-0.05, 0) is 24.1 Å². The number of nitrogens with one attached hydrogen (secondary N) is 1. The van der Waals surface area contributed by atoms with E-state index in [1.165, 1.54) is 0 Å². The minimum atomic E-state index is -0.579. The van der Waals surface area contributed by atoms with Gasteiger partial charge in [-0.25, -0.2) is 9.79 Å². The van der Waals surface area contributed by atoms with Crippen LogP contribution in [0.5, 0.6) is 5.75 Å². The van der Waals surface area contributed by atoms with E-state index in [9.17, 15) is 9.59 Å². The average molecular weight is 366 g/mol. The minimum Gasteiger partial charge on any atom is -0.489 e. The molecule has 0 aromatic heterocycles. The molecule has 1 atom stereocenters. The number of ether oxygens (including phenoxy) is 2. The Morgan fingerprint density at radius 3 is 2.67 bits per heavy atom. The number of para-hydroxylation sites is 1. The number of carbonyl (C=O) groups is 2. The fourth-order valence-corrected chi connectivity index (χ4v) is 2.90. The van der Waals surface area contributed by atoms with Crippen LogP contribution in [0.4, 0.5) is 4.79 Å². The molecule has 1 N–H and O–H groups in total. The number of hydrogen-bond acceptors (Lipinski definition) is 4. The van der Waals surface area contributed by atoms with Gasteiger partial charge in [-0.2, -0.15) is 0 Å². The van der Waals surface area contributed by atoms with Gasteiger partial charge in [-0.15, -0.1) is 0 Å². The SMILES string of the molecule is CCOC(=O)C1CNC(=O)N=C1Cc1ccccc1OCc1ccccc1. The van der Waals surface area contributed by atoms with Crippen molar-refractivity contribution in [1.82, 2.24) is 5.32 Å².